The molecule has 0 aliphatic carbocycles. The third-order valence-electron chi connectivity index (χ3n) is 5.06. The van der Waals surface area contributed by atoms with Gasteiger partial charge in [0.05, 0.1) is 24.0 Å². The summed E-state index contributed by atoms with van der Waals surface area (Å²) < 4.78 is 16.5. The van der Waals surface area contributed by atoms with E-state index >= 15 is 0 Å². The lowest BCUT2D eigenvalue weighted by Crippen LogP contribution is -2.11. The second-order valence-corrected chi connectivity index (χ2v) is 7.19. The molecule has 1 amide bonds. The van der Waals surface area contributed by atoms with Gasteiger partial charge in [0.25, 0.3) is 0 Å². The molecule has 1 aromatic heterocycles. The third kappa shape index (κ3) is 3.46. The fourth-order valence-corrected chi connectivity index (χ4v) is 3.64. The predicted molar refractivity (Wildman–Crippen MR) is 113 cm³/mol. The van der Waals surface area contributed by atoms with Gasteiger partial charge in [0.2, 0.25) is 18.4 Å². The summed E-state index contributed by atoms with van der Waals surface area (Å²) in [5.41, 5.74) is 5.45. The molecule has 3 aromatic rings. The normalized spacial score (nSPS) is 12.3. The number of methoxy groups -OCH3 is 1. The van der Waals surface area contributed by atoms with Gasteiger partial charge < -0.3 is 19.5 Å². The van der Waals surface area contributed by atoms with Crippen LogP contribution in [0, 0.1) is 13.8 Å². The smallest absolute Gasteiger partial charge is 0.231 e. The lowest BCUT2D eigenvalue weighted by atomic mass is 10.0. The Bertz CT molecular complexity index is 1110. The van der Waals surface area contributed by atoms with Gasteiger partial charge in [-0.3, -0.25) is 4.79 Å². The molecule has 0 fully saturated rings. The van der Waals surface area contributed by atoms with E-state index in [9.17, 15) is 4.79 Å². The molecule has 0 bridgehead atoms. The Balaban J connectivity index is 1.84. The van der Waals surface area contributed by atoms with Crippen molar-refractivity contribution in [1.29, 1.82) is 0 Å². The van der Waals surface area contributed by atoms with E-state index in [1.807, 2.05) is 51.1 Å². The number of pyridine rings is 1. The monoisotopic (exact) mass is 392 g/mol. The molecule has 150 valence electrons. The summed E-state index contributed by atoms with van der Waals surface area (Å²) >= 11 is 0. The molecular formula is C23H24N2O4. The van der Waals surface area contributed by atoms with Gasteiger partial charge in [-0.15, -0.1) is 0 Å². The zero-order chi connectivity index (χ0) is 20.5. The molecule has 0 unspecified atom stereocenters. The van der Waals surface area contributed by atoms with Crippen molar-refractivity contribution in [3.8, 4) is 28.5 Å². The number of amides is 1. The zero-order valence-electron chi connectivity index (χ0n) is 17.1. The summed E-state index contributed by atoms with van der Waals surface area (Å²) in [6, 6.07) is 9.78. The fraction of sp³-hybridized carbons (Fsp3) is 0.304. The van der Waals surface area contributed by atoms with Crippen LogP contribution in [0.4, 0.5) is 5.69 Å². The minimum Gasteiger partial charge on any atom is -0.493 e. The number of fused-ring (bicyclic) bond motifs is 2. The van der Waals surface area contributed by atoms with Crippen LogP contribution in [0.1, 0.15) is 30.9 Å². The van der Waals surface area contributed by atoms with Crippen LogP contribution in [0.15, 0.2) is 30.3 Å². The van der Waals surface area contributed by atoms with Crippen LogP contribution in [-0.4, -0.2) is 24.8 Å². The van der Waals surface area contributed by atoms with Gasteiger partial charge in [-0.05, 0) is 55.7 Å². The van der Waals surface area contributed by atoms with E-state index in [1.54, 1.807) is 7.11 Å². The van der Waals surface area contributed by atoms with E-state index in [2.05, 4.69) is 5.32 Å². The summed E-state index contributed by atoms with van der Waals surface area (Å²) in [6.07, 6.45) is 1.31. The Kier molecular flexibility index (Phi) is 5.01. The highest BCUT2D eigenvalue weighted by atomic mass is 16.7. The second-order valence-electron chi connectivity index (χ2n) is 7.19. The Morgan fingerprint density at radius 1 is 1.17 bits per heavy atom. The van der Waals surface area contributed by atoms with Crippen LogP contribution in [0.5, 0.6) is 17.2 Å². The van der Waals surface area contributed by atoms with E-state index in [4.69, 9.17) is 19.2 Å². The van der Waals surface area contributed by atoms with Gasteiger partial charge in [-0.2, -0.15) is 0 Å². The minimum atomic E-state index is 0.0154. The predicted octanol–water partition coefficient (Wildman–Crippen LogP) is 4.99. The van der Waals surface area contributed by atoms with Crippen LogP contribution in [0.25, 0.3) is 22.2 Å². The Labute approximate surface area is 169 Å². The summed E-state index contributed by atoms with van der Waals surface area (Å²) in [6.45, 7) is 6.23. The van der Waals surface area contributed by atoms with Crippen LogP contribution < -0.4 is 19.5 Å². The number of nitrogens with zero attached hydrogens (tertiary/aromatic N) is 1. The Morgan fingerprint density at radius 2 is 2.00 bits per heavy atom. The van der Waals surface area contributed by atoms with E-state index in [0.29, 0.717) is 23.7 Å². The maximum Gasteiger partial charge on any atom is 0.231 e. The number of carbonyl (C=O) groups is 1. The van der Waals surface area contributed by atoms with Gasteiger partial charge >= 0.3 is 0 Å². The summed E-state index contributed by atoms with van der Waals surface area (Å²) in [4.78, 5) is 17.1. The van der Waals surface area contributed by atoms with Crippen molar-refractivity contribution in [1.82, 2.24) is 4.98 Å². The zero-order valence-corrected chi connectivity index (χ0v) is 17.1. The van der Waals surface area contributed by atoms with E-state index < -0.39 is 0 Å². The molecule has 1 aliphatic rings. The maximum atomic E-state index is 12.1. The van der Waals surface area contributed by atoms with Gasteiger partial charge in [-0.25, -0.2) is 4.98 Å². The molecule has 0 radical (unpaired) electrons. The van der Waals surface area contributed by atoms with E-state index in [-0.39, 0.29) is 12.7 Å². The standard InChI is InChI=1S/C23H24N2O4/c1-5-6-20(26)24-16-8-7-13(2)22-21(16)14(3)9-17(25-22)15-10-18(27-4)23-19(11-15)28-12-29-23/h7-11H,5-6,12H2,1-4H3,(H,24,26). The average Bonchev–Trinajstić information content (AvgIpc) is 3.18. The number of hydrogen-bond donors (Lipinski definition) is 1. The number of anilines is 1. The number of carbonyl (C=O) groups excluding carboxylic acids is 1. The Hall–Kier alpha value is -3.28. The highest BCUT2D eigenvalue weighted by Gasteiger charge is 2.21. The molecule has 6 nitrogen and oxygen atoms in total. The molecule has 4 rings (SSSR count). The SMILES string of the molecule is CCCC(=O)Nc1ccc(C)c2nc(-c3cc(OC)c4c(c3)OCO4)cc(C)c12. The van der Waals surface area contributed by atoms with Gasteiger partial charge in [0, 0.05) is 17.4 Å². The first kappa shape index (κ1) is 19.1. The van der Waals surface area contributed by atoms with Crippen molar-refractivity contribution in [2.24, 2.45) is 0 Å². The molecule has 0 spiro atoms. The molecule has 29 heavy (non-hydrogen) atoms. The topological polar surface area (TPSA) is 69.7 Å². The molecule has 0 atom stereocenters. The average molecular weight is 392 g/mol. The highest BCUT2D eigenvalue weighted by molar-refractivity contribution is 6.04. The Morgan fingerprint density at radius 3 is 2.76 bits per heavy atom. The van der Waals surface area contributed by atoms with Crippen LogP contribution >= 0.6 is 0 Å². The number of rotatable bonds is 5. The van der Waals surface area contributed by atoms with Crippen molar-refractivity contribution in [3.05, 3.63) is 41.5 Å². The molecule has 0 saturated carbocycles. The van der Waals surface area contributed by atoms with E-state index in [0.717, 1.165) is 45.4 Å². The van der Waals surface area contributed by atoms with Gasteiger partial charge in [-0.1, -0.05) is 13.0 Å². The van der Waals surface area contributed by atoms with E-state index in [1.165, 1.54) is 0 Å². The first-order valence-corrected chi connectivity index (χ1v) is 9.70. The molecule has 1 N–H and O–H groups in total. The quantitative estimate of drug-likeness (QED) is 0.662. The van der Waals surface area contributed by atoms with Crippen molar-refractivity contribution >= 4 is 22.5 Å². The molecule has 2 aromatic carbocycles. The van der Waals surface area contributed by atoms with Crippen molar-refractivity contribution in [3.63, 3.8) is 0 Å². The summed E-state index contributed by atoms with van der Waals surface area (Å²) in [7, 11) is 1.61. The number of aryl methyl sites for hydroxylation is 2. The first-order chi connectivity index (χ1) is 14.0. The third-order valence-corrected chi connectivity index (χ3v) is 5.06. The minimum absolute atomic E-state index is 0.0154. The second kappa shape index (κ2) is 7.62. The number of ether oxygens (including phenoxy) is 3. The molecule has 2 heterocycles. The van der Waals surface area contributed by atoms with Crippen LogP contribution in [0.2, 0.25) is 0 Å². The number of benzene rings is 2. The lowest BCUT2D eigenvalue weighted by Gasteiger charge is -2.15. The number of nitrogens with one attached hydrogen (secondary N) is 1. The summed E-state index contributed by atoms with van der Waals surface area (Å²) in [5.74, 6) is 1.90. The molecule has 1 aliphatic heterocycles. The molecule has 0 saturated heterocycles. The molecular weight excluding hydrogens is 368 g/mol. The molecule has 6 heteroatoms. The summed E-state index contributed by atoms with van der Waals surface area (Å²) in [5, 5.41) is 3.99. The van der Waals surface area contributed by atoms with Gasteiger partial charge in [0.15, 0.2) is 11.5 Å². The highest BCUT2D eigenvalue weighted by Crippen LogP contribution is 2.44. The van der Waals surface area contributed by atoms with Crippen molar-refractivity contribution in [2.75, 3.05) is 19.2 Å². The fourth-order valence-electron chi connectivity index (χ4n) is 3.64. The number of hydrogen-bond acceptors (Lipinski definition) is 5. The number of aromatic nitrogens is 1. The van der Waals surface area contributed by atoms with Crippen molar-refractivity contribution in [2.45, 2.75) is 33.6 Å². The van der Waals surface area contributed by atoms with Crippen molar-refractivity contribution < 1.29 is 19.0 Å². The first-order valence-electron chi connectivity index (χ1n) is 9.70. The lowest BCUT2D eigenvalue weighted by molar-refractivity contribution is -0.116. The van der Waals surface area contributed by atoms with Gasteiger partial charge in [0.1, 0.15) is 0 Å². The van der Waals surface area contributed by atoms with Crippen LogP contribution in [-0.2, 0) is 4.79 Å². The maximum absolute atomic E-state index is 12.1. The largest absolute Gasteiger partial charge is 0.493 e. The van der Waals surface area contributed by atoms with Crippen LogP contribution in [0.3, 0.4) is 0 Å².